The second-order valence-electron chi connectivity index (χ2n) is 9.16. The monoisotopic (exact) mass is 499 g/mol. The number of rotatable bonds is 9. The predicted molar refractivity (Wildman–Crippen MR) is 138 cm³/mol. The van der Waals surface area contributed by atoms with Gasteiger partial charge in [0.1, 0.15) is 11.9 Å². The van der Waals surface area contributed by atoms with Crippen molar-refractivity contribution in [3.8, 4) is 0 Å². The van der Waals surface area contributed by atoms with Crippen LogP contribution in [-0.2, 0) is 9.84 Å². The SMILES string of the molecule is C=C(N[C@H](C)[C@H](F)CC)c1ccc(C(=O)N2CCC(C(=C)c3ccc(S(C)(=O)=O)cc3)CC2)nc1. The zero-order valence-electron chi connectivity index (χ0n) is 20.6. The van der Waals surface area contributed by atoms with E-state index in [4.69, 9.17) is 0 Å². The highest BCUT2D eigenvalue weighted by Crippen LogP contribution is 2.31. The Kier molecular flexibility index (Phi) is 8.48. The van der Waals surface area contributed by atoms with Crippen LogP contribution in [0.3, 0.4) is 0 Å². The Hall–Kier alpha value is -3.00. The second kappa shape index (κ2) is 11.2. The van der Waals surface area contributed by atoms with Crippen molar-refractivity contribution in [2.45, 2.75) is 50.2 Å². The number of alkyl halides is 1. The first kappa shape index (κ1) is 26.6. The number of aromatic nitrogens is 1. The fourth-order valence-electron chi connectivity index (χ4n) is 4.25. The average Bonchev–Trinajstić information content (AvgIpc) is 2.87. The molecule has 188 valence electrons. The average molecular weight is 500 g/mol. The van der Waals surface area contributed by atoms with Gasteiger partial charge in [-0.25, -0.2) is 12.8 Å². The molecule has 2 aromatic rings. The molecule has 2 heterocycles. The number of sulfone groups is 1. The van der Waals surface area contributed by atoms with Gasteiger partial charge in [-0.3, -0.25) is 9.78 Å². The molecule has 0 spiro atoms. The van der Waals surface area contributed by atoms with Crippen molar-refractivity contribution >= 4 is 27.0 Å². The van der Waals surface area contributed by atoms with Gasteiger partial charge in [-0.15, -0.1) is 0 Å². The minimum absolute atomic E-state index is 0.125. The maximum Gasteiger partial charge on any atom is 0.272 e. The summed E-state index contributed by atoms with van der Waals surface area (Å²) in [7, 11) is -3.23. The molecule has 1 N–H and O–H groups in total. The molecule has 0 bridgehead atoms. The lowest BCUT2D eigenvalue weighted by Gasteiger charge is -2.33. The van der Waals surface area contributed by atoms with Crippen molar-refractivity contribution in [3.63, 3.8) is 0 Å². The molecular formula is C27H34FN3O3S. The fourth-order valence-corrected chi connectivity index (χ4v) is 4.88. The van der Waals surface area contributed by atoms with Crippen LogP contribution in [-0.4, -0.2) is 55.8 Å². The number of nitrogens with zero attached hydrogens (tertiary/aromatic N) is 2. The summed E-state index contributed by atoms with van der Waals surface area (Å²) < 4.78 is 37.2. The number of carbonyl (C=O) groups excluding carboxylic acids is 1. The third-order valence-electron chi connectivity index (χ3n) is 6.59. The van der Waals surface area contributed by atoms with Crippen LogP contribution >= 0.6 is 0 Å². The van der Waals surface area contributed by atoms with Gasteiger partial charge in [-0.1, -0.05) is 32.2 Å². The molecule has 1 aliphatic rings. The van der Waals surface area contributed by atoms with Crippen LogP contribution in [0.5, 0.6) is 0 Å². The van der Waals surface area contributed by atoms with Crippen LogP contribution in [0.2, 0.25) is 0 Å². The van der Waals surface area contributed by atoms with E-state index in [9.17, 15) is 17.6 Å². The van der Waals surface area contributed by atoms with Crippen LogP contribution < -0.4 is 5.32 Å². The van der Waals surface area contributed by atoms with Gasteiger partial charge < -0.3 is 10.2 Å². The van der Waals surface area contributed by atoms with Crippen LogP contribution in [0.15, 0.2) is 60.6 Å². The van der Waals surface area contributed by atoms with Gasteiger partial charge in [-0.05, 0) is 67.5 Å². The molecular weight excluding hydrogens is 465 g/mol. The van der Waals surface area contributed by atoms with Gasteiger partial charge in [0.25, 0.3) is 5.91 Å². The van der Waals surface area contributed by atoms with Crippen molar-refractivity contribution in [3.05, 3.63) is 72.6 Å². The number of hydrogen-bond acceptors (Lipinski definition) is 5. The summed E-state index contributed by atoms with van der Waals surface area (Å²) >= 11 is 0. The maximum absolute atomic E-state index is 13.8. The van der Waals surface area contributed by atoms with Crippen LogP contribution in [0.4, 0.5) is 4.39 Å². The van der Waals surface area contributed by atoms with Gasteiger partial charge >= 0.3 is 0 Å². The second-order valence-corrected chi connectivity index (χ2v) is 11.2. The summed E-state index contributed by atoms with van der Waals surface area (Å²) in [6.45, 7) is 12.9. The molecule has 1 saturated heterocycles. The fraction of sp³-hybridized carbons (Fsp3) is 0.407. The first-order chi connectivity index (χ1) is 16.5. The van der Waals surface area contributed by atoms with Crippen molar-refractivity contribution in [2.75, 3.05) is 19.3 Å². The molecule has 0 saturated carbocycles. The molecule has 0 radical (unpaired) electrons. The number of halogens is 1. The first-order valence-electron chi connectivity index (χ1n) is 11.9. The van der Waals surface area contributed by atoms with E-state index < -0.39 is 16.0 Å². The Morgan fingerprint density at radius 3 is 2.26 bits per heavy atom. The summed E-state index contributed by atoms with van der Waals surface area (Å²) in [4.78, 5) is 19.4. The largest absolute Gasteiger partial charge is 0.380 e. The van der Waals surface area contributed by atoms with Gasteiger partial charge in [0.15, 0.2) is 9.84 Å². The normalized spacial score (nSPS) is 16.4. The third kappa shape index (κ3) is 6.57. The number of likely N-dealkylation sites (tertiary alicyclic amines) is 1. The molecule has 0 aliphatic carbocycles. The highest BCUT2D eigenvalue weighted by Gasteiger charge is 2.26. The molecule has 1 aromatic carbocycles. The van der Waals surface area contributed by atoms with Crippen molar-refractivity contribution in [1.29, 1.82) is 0 Å². The third-order valence-corrected chi connectivity index (χ3v) is 7.72. The number of pyridine rings is 1. The highest BCUT2D eigenvalue weighted by molar-refractivity contribution is 7.90. The lowest BCUT2D eigenvalue weighted by molar-refractivity contribution is 0.0702. The van der Waals surface area contributed by atoms with E-state index in [1.165, 1.54) is 6.26 Å². The molecule has 8 heteroatoms. The molecule has 1 fully saturated rings. The van der Waals surface area contributed by atoms with E-state index >= 15 is 0 Å². The number of hydrogen-bond donors (Lipinski definition) is 1. The Bertz CT molecular complexity index is 1170. The van der Waals surface area contributed by atoms with E-state index in [-0.39, 0.29) is 22.8 Å². The summed E-state index contributed by atoms with van der Waals surface area (Å²) in [6, 6.07) is 9.89. The predicted octanol–water partition coefficient (Wildman–Crippen LogP) is 4.75. The van der Waals surface area contributed by atoms with E-state index in [0.29, 0.717) is 36.5 Å². The van der Waals surface area contributed by atoms with Crippen LogP contribution in [0.25, 0.3) is 11.3 Å². The molecule has 0 unspecified atom stereocenters. The standard InChI is InChI=1S/C27H34FN3O3S/c1-6-25(28)20(4)30-19(3)23-9-12-26(29-17-23)27(32)31-15-13-22(14-16-31)18(2)21-7-10-24(11-8-21)35(5,33)34/h7-12,17,20,22,25,30H,2-3,6,13-16H2,1,4-5H3/t20-,25-/m1/s1. The van der Waals surface area contributed by atoms with E-state index in [1.54, 1.807) is 61.3 Å². The Balaban J connectivity index is 1.56. The van der Waals surface area contributed by atoms with Crippen LogP contribution in [0, 0.1) is 5.92 Å². The Morgan fingerprint density at radius 1 is 1.14 bits per heavy atom. The lowest BCUT2D eigenvalue weighted by Crippen LogP contribution is -2.39. The molecule has 3 rings (SSSR count). The topological polar surface area (TPSA) is 79.4 Å². The van der Waals surface area contributed by atoms with Gasteiger partial charge in [0.05, 0.1) is 10.9 Å². The smallest absolute Gasteiger partial charge is 0.272 e. The van der Waals surface area contributed by atoms with Gasteiger partial charge in [0.2, 0.25) is 0 Å². The molecule has 35 heavy (non-hydrogen) atoms. The van der Waals surface area contributed by atoms with Gasteiger partial charge in [-0.2, -0.15) is 0 Å². The quantitative estimate of drug-likeness (QED) is 0.539. The Morgan fingerprint density at radius 2 is 1.74 bits per heavy atom. The number of benzene rings is 1. The summed E-state index contributed by atoms with van der Waals surface area (Å²) in [5, 5.41) is 3.06. The summed E-state index contributed by atoms with van der Waals surface area (Å²) in [6.07, 6.45) is 3.78. The van der Waals surface area contributed by atoms with Crippen molar-refractivity contribution in [2.24, 2.45) is 5.92 Å². The number of allylic oxidation sites excluding steroid dienone is 1. The number of nitrogens with one attached hydrogen (secondary N) is 1. The molecule has 6 nitrogen and oxygen atoms in total. The minimum Gasteiger partial charge on any atom is -0.380 e. The van der Waals surface area contributed by atoms with Crippen molar-refractivity contribution in [1.82, 2.24) is 15.2 Å². The zero-order chi connectivity index (χ0) is 25.8. The number of piperidine rings is 1. The molecule has 1 aromatic heterocycles. The first-order valence-corrected chi connectivity index (χ1v) is 13.7. The molecule has 1 aliphatic heterocycles. The van der Waals surface area contributed by atoms with E-state index in [0.717, 1.165) is 24.0 Å². The molecule has 2 atom stereocenters. The maximum atomic E-state index is 13.8. The van der Waals surface area contributed by atoms with E-state index in [1.807, 2.05) is 0 Å². The summed E-state index contributed by atoms with van der Waals surface area (Å²) in [5.74, 6) is 0.0946. The van der Waals surface area contributed by atoms with Gasteiger partial charge in [0, 0.05) is 36.8 Å². The number of carbonyl (C=O) groups is 1. The Labute approximate surface area is 207 Å². The molecule has 1 amide bonds. The zero-order valence-corrected chi connectivity index (χ0v) is 21.4. The van der Waals surface area contributed by atoms with Crippen molar-refractivity contribution < 1.29 is 17.6 Å². The van der Waals surface area contributed by atoms with E-state index in [2.05, 4.69) is 23.5 Å². The van der Waals surface area contributed by atoms with Crippen LogP contribution in [0.1, 0.15) is 54.7 Å². The number of amides is 1. The highest BCUT2D eigenvalue weighted by atomic mass is 32.2. The minimum atomic E-state index is -3.23. The summed E-state index contributed by atoms with van der Waals surface area (Å²) in [5.41, 5.74) is 3.52. The lowest BCUT2D eigenvalue weighted by atomic mass is 9.86.